The first kappa shape index (κ1) is 12.8. The summed E-state index contributed by atoms with van der Waals surface area (Å²) < 4.78 is 5.65. The molecular formula is C16H13NO2S. The zero-order valence-electron chi connectivity index (χ0n) is 11.0. The second-order valence-electron chi connectivity index (χ2n) is 4.47. The number of aromatic nitrogens is 1. The highest BCUT2D eigenvalue weighted by atomic mass is 32.1. The van der Waals surface area contributed by atoms with Gasteiger partial charge in [-0.3, -0.25) is 4.79 Å². The van der Waals surface area contributed by atoms with Gasteiger partial charge in [-0.2, -0.15) is 0 Å². The standard InChI is InChI=1S/C16H13NO2S/c1-11-7-8-12-4-2-5-14(16(12)17-11)19-10-13(18)15-6-3-9-20-15/h2-9H,10H2,1H3. The number of benzene rings is 1. The number of nitrogens with zero attached hydrogens (tertiary/aromatic N) is 1. The van der Waals surface area contributed by atoms with E-state index in [1.165, 1.54) is 11.3 Å². The number of ether oxygens (including phenoxy) is 1. The van der Waals surface area contributed by atoms with Gasteiger partial charge in [-0.15, -0.1) is 11.3 Å². The molecule has 0 aliphatic heterocycles. The molecule has 0 aliphatic carbocycles. The minimum atomic E-state index is -0.00958. The number of thiophene rings is 1. The second-order valence-corrected chi connectivity index (χ2v) is 5.42. The van der Waals surface area contributed by atoms with Gasteiger partial charge >= 0.3 is 0 Å². The van der Waals surface area contributed by atoms with Gasteiger partial charge in [0.25, 0.3) is 0 Å². The Labute approximate surface area is 120 Å². The number of pyridine rings is 1. The number of hydrogen-bond donors (Lipinski definition) is 0. The van der Waals surface area contributed by atoms with Crippen molar-refractivity contribution in [2.24, 2.45) is 0 Å². The van der Waals surface area contributed by atoms with E-state index in [2.05, 4.69) is 4.98 Å². The van der Waals surface area contributed by atoms with Gasteiger partial charge in [0.1, 0.15) is 11.3 Å². The Morgan fingerprint density at radius 3 is 2.90 bits per heavy atom. The molecule has 1 aromatic carbocycles. The lowest BCUT2D eigenvalue weighted by atomic mass is 10.2. The van der Waals surface area contributed by atoms with E-state index in [1.54, 1.807) is 0 Å². The van der Waals surface area contributed by atoms with Crippen LogP contribution >= 0.6 is 11.3 Å². The fourth-order valence-corrected chi connectivity index (χ4v) is 2.64. The van der Waals surface area contributed by atoms with Gasteiger partial charge in [-0.25, -0.2) is 4.98 Å². The summed E-state index contributed by atoms with van der Waals surface area (Å²) >= 11 is 1.43. The van der Waals surface area contributed by atoms with E-state index in [0.29, 0.717) is 5.75 Å². The Bertz CT molecular complexity index is 750. The minimum absolute atomic E-state index is 0.00958. The van der Waals surface area contributed by atoms with Gasteiger partial charge in [-0.1, -0.05) is 24.3 Å². The van der Waals surface area contributed by atoms with Crippen LogP contribution in [0.3, 0.4) is 0 Å². The molecule has 0 bridgehead atoms. The van der Waals surface area contributed by atoms with Crippen LogP contribution in [0.25, 0.3) is 10.9 Å². The Hall–Kier alpha value is -2.20. The van der Waals surface area contributed by atoms with Gasteiger partial charge in [0, 0.05) is 11.1 Å². The molecule has 0 N–H and O–H groups in total. The van der Waals surface area contributed by atoms with E-state index in [1.807, 2.05) is 54.8 Å². The first-order valence-corrected chi connectivity index (χ1v) is 7.18. The molecule has 0 radical (unpaired) electrons. The zero-order chi connectivity index (χ0) is 13.9. The lowest BCUT2D eigenvalue weighted by molar-refractivity contribution is 0.0926. The summed E-state index contributed by atoms with van der Waals surface area (Å²) in [5.41, 5.74) is 1.73. The maximum absolute atomic E-state index is 11.9. The molecule has 3 nitrogen and oxygen atoms in total. The van der Waals surface area contributed by atoms with Crippen molar-refractivity contribution in [3.05, 3.63) is 58.4 Å². The fourth-order valence-electron chi connectivity index (χ4n) is 1.99. The van der Waals surface area contributed by atoms with Crippen LogP contribution in [0.2, 0.25) is 0 Å². The van der Waals surface area contributed by atoms with Crippen LogP contribution in [0.15, 0.2) is 47.8 Å². The number of carbonyl (C=O) groups is 1. The van der Waals surface area contributed by atoms with Crippen LogP contribution in [-0.2, 0) is 0 Å². The third-order valence-corrected chi connectivity index (χ3v) is 3.89. The summed E-state index contributed by atoms with van der Waals surface area (Å²) in [6.07, 6.45) is 0. The molecule has 0 saturated heterocycles. The Kier molecular flexibility index (Phi) is 3.48. The largest absolute Gasteiger partial charge is 0.483 e. The van der Waals surface area contributed by atoms with Crippen molar-refractivity contribution in [1.82, 2.24) is 4.98 Å². The van der Waals surface area contributed by atoms with Crippen molar-refractivity contribution in [1.29, 1.82) is 0 Å². The molecule has 20 heavy (non-hydrogen) atoms. The molecule has 2 heterocycles. The van der Waals surface area contributed by atoms with Gasteiger partial charge in [0.2, 0.25) is 5.78 Å². The minimum Gasteiger partial charge on any atom is -0.483 e. The average Bonchev–Trinajstić information content (AvgIpc) is 2.99. The highest BCUT2D eigenvalue weighted by Gasteiger charge is 2.10. The van der Waals surface area contributed by atoms with Gasteiger partial charge in [0.15, 0.2) is 6.61 Å². The molecule has 0 spiro atoms. The van der Waals surface area contributed by atoms with Crippen molar-refractivity contribution in [2.45, 2.75) is 6.92 Å². The predicted molar refractivity (Wildman–Crippen MR) is 80.6 cm³/mol. The number of ketones is 1. The van der Waals surface area contributed by atoms with Crippen LogP contribution < -0.4 is 4.74 Å². The SMILES string of the molecule is Cc1ccc2cccc(OCC(=O)c3cccs3)c2n1. The van der Waals surface area contributed by atoms with E-state index in [0.717, 1.165) is 21.5 Å². The molecule has 2 aromatic heterocycles. The van der Waals surface area contributed by atoms with Crippen LogP contribution in [-0.4, -0.2) is 17.4 Å². The van der Waals surface area contributed by atoms with Crippen LogP contribution in [0.5, 0.6) is 5.75 Å². The summed E-state index contributed by atoms with van der Waals surface area (Å²) in [6.45, 7) is 1.97. The first-order chi connectivity index (χ1) is 9.74. The van der Waals surface area contributed by atoms with E-state index in [9.17, 15) is 4.79 Å². The van der Waals surface area contributed by atoms with Gasteiger partial charge in [0.05, 0.1) is 4.88 Å². The Morgan fingerprint density at radius 2 is 2.10 bits per heavy atom. The third kappa shape index (κ3) is 2.56. The average molecular weight is 283 g/mol. The summed E-state index contributed by atoms with van der Waals surface area (Å²) in [6, 6.07) is 13.4. The van der Waals surface area contributed by atoms with Crippen molar-refractivity contribution in [3.8, 4) is 5.75 Å². The zero-order valence-corrected chi connectivity index (χ0v) is 11.8. The normalized spacial score (nSPS) is 10.7. The van der Waals surface area contributed by atoms with Crippen molar-refractivity contribution < 1.29 is 9.53 Å². The predicted octanol–water partition coefficient (Wildman–Crippen LogP) is 3.87. The Morgan fingerprint density at radius 1 is 1.20 bits per heavy atom. The number of fused-ring (bicyclic) bond motifs is 1. The lowest BCUT2D eigenvalue weighted by Gasteiger charge is -2.08. The molecule has 0 unspecified atom stereocenters. The molecule has 4 heteroatoms. The molecule has 0 fully saturated rings. The molecule has 0 aliphatic rings. The quantitative estimate of drug-likeness (QED) is 0.682. The molecule has 0 amide bonds. The topological polar surface area (TPSA) is 39.2 Å². The number of aryl methyl sites for hydroxylation is 1. The van der Waals surface area contributed by atoms with E-state index in [-0.39, 0.29) is 12.4 Å². The highest BCUT2D eigenvalue weighted by Crippen LogP contribution is 2.24. The molecular weight excluding hydrogens is 270 g/mol. The molecule has 0 atom stereocenters. The summed E-state index contributed by atoms with van der Waals surface area (Å²) in [5, 5.41) is 2.90. The molecule has 100 valence electrons. The highest BCUT2D eigenvalue weighted by molar-refractivity contribution is 7.12. The summed E-state index contributed by atoms with van der Waals surface area (Å²) in [5.74, 6) is 0.640. The molecule has 0 saturated carbocycles. The van der Waals surface area contributed by atoms with Gasteiger partial charge < -0.3 is 4.74 Å². The lowest BCUT2D eigenvalue weighted by Crippen LogP contribution is -2.10. The second kappa shape index (κ2) is 5.43. The van der Waals surface area contributed by atoms with Crippen LogP contribution in [0.4, 0.5) is 0 Å². The van der Waals surface area contributed by atoms with E-state index >= 15 is 0 Å². The smallest absolute Gasteiger partial charge is 0.210 e. The van der Waals surface area contributed by atoms with Crippen molar-refractivity contribution in [2.75, 3.05) is 6.61 Å². The number of hydrogen-bond acceptors (Lipinski definition) is 4. The Balaban J connectivity index is 1.84. The summed E-state index contributed by atoms with van der Waals surface area (Å²) in [7, 11) is 0. The van der Waals surface area contributed by atoms with E-state index < -0.39 is 0 Å². The van der Waals surface area contributed by atoms with Crippen LogP contribution in [0, 0.1) is 6.92 Å². The maximum Gasteiger partial charge on any atom is 0.210 e. The molecule has 3 aromatic rings. The number of para-hydroxylation sites is 1. The van der Waals surface area contributed by atoms with Crippen molar-refractivity contribution >= 4 is 28.0 Å². The number of Topliss-reactive ketones (excluding diaryl/α,β-unsaturated/α-hetero) is 1. The van der Waals surface area contributed by atoms with Gasteiger partial charge in [-0.05, 0) is 30.5 Å². The third-order valence-electron chi connectivity index (χ3n) is 2.98. The fraction of sp³-hybridized carbons (Fsp3) is 0.125. The molecule has 3 rings (SSSR count). The first-order valence-electron chi connectivity index (χ1n) is 6.30. The summed E-state index contributed by atoms with van der Waals surface area (Å²) in [4.78, 5) is 17.1. The van der Waals surface area contributed by atoms with Crippen molar-refractivity contribution in [3.63, 3.8) is 0 Å². The maximum atomic E-state index is 11.9. The monoisotopic (exact) mass is 283 g/mol. The number of carbonyl (C=O) groups excluding carboxylic acids is 1. The van der Waals surface area contributed by atoms with Crippen LogP contribution in [0.1, 0.15) is 15.4 Å². The van der Waals surface area contributed by atoms with E-state index in [4.69, 9.17) is 4.74 Å². The number of rotatable bonds is 4.